The Morgan fingerprint density at radius 3 is 2.13 bits per heavy atom. The number of aromatic nitrogens is 2. The third kappa shape index (κ3) is 4.80. The van der Waals surface area contributed by atoms with Gasteiger partial charge in [0.2, 0.25) is 0 Å². The molecule has 0 atom stereocenters. The van der Waals surface area contributed by atoms with Crippen molar-refractivity contribution >= 4 is 6.09 Å². The van der Waals surface area contributed by atoms with E-state index in [-0.39, 0.29) is 12.0 Å². The summed E-state index contributed by atoms with van der Waals surface area (Å²) in [4.78, 5) is 21.2. The Morgan fingerprint density at radius 2 is 1.70 bits per heavy atom. The summed E-state index contributed by atoms with van der Waals surface area (Å²) in [6.45, 7) is 6.35. The average molecular weight is 331 g/mol. The number of hydrogen-bond acceptors (Lipinski definition) is 4. The molecule has 1 saturated heterocycles. The van der Waals surface area contributed by atoms with Crippen LogP contribution < -0.4 is 0 Å². The van der Waals surface area contributed by atoms with Crippen LogP contribution in [0.5, 0.6) is 0 Å². The second kappa shape index (κ2) is 6.33. The summed E-state index contributed by atoms with van der Waals surface area (Å²) in [6, 6.07) is 0. The molecule has 0 bridgehead atoms. The molecule has 0 aromatic carbocycles. The highest BCUT2D eigenvalue weighted by atomic mass is 19.4. The molecular formula is C15H20F3N3O2. The molecular weight excluding hydrogens is 311 g/mol. The Hall–Kier alpha value is -1.86. The van der Waals surface area contributed by atoms with Gasteiger partial charge in [-0.3, -0.25) is 0 Å². The van der Waals surface area contributed by atoms with Crippen molar-refractivity contribution in [3.63, 3.8) is 0 Å². The van der Waals surface area contributed by atoms with Crippen molar-refractivity contribution in [2.45, 2.75) is 51.3 Å². The fourth-order valence-electron chi connectivity index (χ4n) is 2.34. The smallest absolute Gasteiger partial charge is 0.419 e. The topological polar surface area (TPSA) is 55.3 Å². The number of piperidine rings is 1. The van der Waals surface area contributed by atoms with E-state index in [0.717, 1.165) is 12.4 Å². The number of nitrogens with zero attached hydrogens (tertiary/aromatic N) is 3. The van der Waals surface area contributed by atoms with E-state index in [1.54, 1.807) is 25.7 Å². The van der Waals surface area contributed by atoms with Crippen LogP contribution >= 0.6 is 0 Å². The van der Waals surface area contributed by atoms with E-state index in [1.165, 1.54) is 0 Å². The lowest BCUT2D eigenvalue weighted by atomic mass is 9.96. The Bertz CT molecular complexity index is 545. The van der Waals surface area contributed by atoms with E-state index < -0.39 is 17.3 Å². The fraction of sp³-hybridized carbons (Fsp3) is 0.667. The number of carbonyl (C=O) groups is 1. The molecule has 0 aliphatic carbocycles. The third-order valence-corrected chi connectivity index (χ3v) is 3.51. The Labute approximate surface area is 132 Å². The van der Waals surface area contributed by atoms with E-state index in [2.05, 4.69) is 9.97 Å². The van der Waals surface area contributed by atoms with Crippen LogP contribution in [0, 0.1) is 0 Å². The first kappa shape index (κ1) is 17.5. The maximum absolute atomic E-state index is 12.5. The second-order valence-corrected chi connectivity index (χ2v) is 6.57. The fourth-order valence-corrected chi connectivity index (χ4v) is 2.34. The molecule has 23 heavy (non-hydrogen) atoms. The SMILES string of the molecule is CC(C)(C)OC(=O)N1CCC(c2ncc(C(F)(F)F)cn2)CC1. The van der Waals surface area contributed by atoms with Crippen molar-refractivity contribution in [2.24, 2.45) is 0 Å². The van der Waals surface area contributed by atoms with Crippen molar-refractivity contribution < 1.29 is 22.7 Å². The number of amides is 1. The van der Waals surface area contributed by atoms with Crippen LogP contribution in [0.2, 0.25) is 0 Å². The summed E-state index contributed by atoms with van der Waals surface area (Å²) < 4.78 is 42.8. The Morgan fingerprint density at radius 1 is 1.17 bits per heavy atom. The summed E-state index contributed by atoms with van der Waals surface area (Å²) in [5, 5.41) is 0. The largest absolute Gasteiger partial charge is 0.444 e. The number of halogens is 3. The van der Waals surface area contributed by atoms with Gasteiger partial charge in [-0.2, -0.15) is 13.2 Å². The minimum absolute atomic E-state index is 0.0454. The van der Waals surface area contributed by atoms with Crippen LogP contribution in [0.25, 0.3) is 0 Å². The molecule has 0 spiro atoms. The molecule has 1 fully saturated rings. The maximum Gasteiger partial charge on any atom is 0.419 e. The highest BCUT2D eigenvalue weighted by Gasteiger charge is 2.32. The van der Waals surface area contributed by atoms with Crippen molar-refractivity contribution in [1.29, 1.82) is 0 Å². The molecule has 1 aliphatic heterocycles. The summed E-state index contributed by atoms with van der Waals surface area (Å²) in [7, 11) is 0. The second-order valence-electron chi connectivity index (χ2n) is 6.57. The average Bonchev–Trinajstić information content (AvgIpc) is 2.45. The highest BCUT2D eigenvalue weighted by Crippen LogP contribution is 2.30. The molecule has 0 saturated carbocycles. The lowest BCUT2D eigenvalue weighted by Crippen LogP contribution is -2.41. The van der Waals surface area contributed by atoms with Gasteiger partial charge in [0, 0.05) is 31.4 Å². The van der Waals surface area contributed by atoms with Crippen LogP contribution in [0.1, 0.15) is 50.9 Å². The molecule has 1 aromatic rings. The van der Waals surface area contributed by atoms with Crippen LogP contribution in [-0.2, 0) is 10.9 Å². The van der Waals surface area contributed by atoms with Gasteiger partial charge in [0.25, 0.3) is 0 Å². The molecule has 1 amide bonds. The first-order valence-electron chi connectivity index (χ1n) is 7.43. The molecule has 5 nitrogen and oxygen atoms in total. The van der Waals surface area contributed by atoms with Gasteiger partial charge in [0.1, 0.15) is 11.4 Å². The zero-order valence-electron chi connectivity index (χ0n) is 13.4. The van der Waals surface area contributed by atoms with Crippen LogP contribution in [0.4, 0.5) is 18.0 Å². The van der Waals surface area contributed by atoms with Crippen molar-refractivity contribution in [3.05, 3.63) is 23.8 Å². The van der Waals surface area contributed by atoms with Crippen molar-refractivity contribution in [3.8, 4) is 0 Å². The third-order valence-electron chi connectivity index (χ3n) is 3.51. The van der Waals surface area contributed by atoms with Gasteiger partial charge in [-0.05, 0) is 33.6 Å². The first-order chi connectivity index (χ1) is 10.6. The minimum Gasteiger partial charge on any atom is -0.444 e. The minimum atomic E-state index is -4.43. The van der Waals surface area contributed by atoms with Crippen molar-refractivity contribution in [1.82, 2.24) is 14.9 Å². The number of likely N-dealkylation sites (tertiary alicyclic amines) is 1. The predicted molar refractivity (Wildman–Crippen MR) is 76.8 cm³/mol. The summed E-state index contributed by atoms with van der Waals surface area (Å²) in [6.07, 6.45) is -1.98. The van der Waals surface area contributed by atoms with Gasteiger partial charge in [0.05, 0.1) is 5.56 Å². The summed E-state index contributed by atoms with van der Waals surface area (Å²) in [5.41, 5.74) is -1.41. The van der Waals surface area contributed by atoms with Gasteiger partial charge in [-0.1, -0.05) is 0 Å². The molecule has 0 unspecified atom stereocenters. The lowest BCUT2D eigenvalue weighted by molar-refractivity contribution is -0.138. The number of alkyl halides is 3. The molecule has 128 valence electrons. The van der Waals surface area contributed by atoms with Crippen LogP contribution in [-0.4, -0.2) is 39.7 Å². The molecule has 2 heterocycles. The van der Waals surface area contributed by atoms with E-state index in [1.807, 2.05) is 0 Å². The van der Waals surface area contributed by atoms with E-state index in [9.17, 15) is 18.0 Å². The van der Waals surface area contributed by atoms with E-state index in [0.29, 0.717) is 31.8 Å². The number of rotatable bonds is 1. The highest BCUT2D eigenvalue weighted by molar-refractivity contribution is 5.68. The first-order valence-corrected chi connectivity index (χ1v) is 7.43. The quantitative estimate of drug-likeness (QED) is 0.789. The normalized spacial score (nSPS) is 17.2. The predicted octanol–water partition coefficient (Wildman–Crippen LogP) is 3.61. The number of hydrogen-bond donors (Lipinski definition) is 0. The lowest BCUT2D eigenvalue weighted by Gasteiger charge is -2.32. The van der Waals surface area contributed by atoms with Gasteiger partial charge in [-0.15, -0.1) is 0 Å². The van der Waals surface area contributed by atoms with E-state index >= 15 is 0 Å². The summed E-state index contributed by atoms with van der Waals surface area (Å²) in [5.74, 6) is 0.345. The standard InChI is InChI=1S/C15H20F3N3O2/c1-14(2,3)23-13(22)21-6-4-10(5-7-21)12-19-8-11(9-20-12)15(16,17)18/h8-10H,4-7H2,1-3H3. The summed E-state index contributed by atoms with van der Waals surface area (Å²) >= 11 is 0. The monoisotopic (exact) mass is 331 g/mol. The zero-order chi connectivity index (χ0) is 17.3. The Kier molecular flexibility index (Phi) is 4.81. The molecule has 0 radical (unpaired) electrons. The van der Waals surface area contributed by atoms with E-state index in [4.69, 9.17) is 4.74 Å². The van der Waals surface area contributed by atoms with Gasteiger partial charge >= 0.3 is 12.3 Å². The molecule has 8 heteroatoms. The maximum atomic E-state index is 12.5. The van der Waals surface area contributed by atoms with Gasteiger partial charge in [-0.25, -0.2) is 14.8 Å². The van der Waals surface area contributed by atoms with Crippen LogP contribution in [0.3, 0.4) is 0 Å². The van der Waals surface area contributed by atoms with Gasteiger partial charge < -0.3 is 9.64 Å². The zero-order valence-corrected chi connectivity index (χ0v) is 13.4. The molecule has 0 N–H and O–H groups in total. The molecule has 1 aliphatic rings. The Balaban J connectivity index is 1.93. The molecule has 1 aromatic heterocycles. The number of carbonyl (C=O) groups excluding carboxylic acids is 1. The van der Waals surface area contributed by atoms with Crippen LogP contribution in [0.15, 0.2) is 12.4 Å². The molecule has 2 rings (SSSR count). The van der Waals surface area contributed by atoms with Gasteiger partial charge in [0.15, 0.2) is 0 Å². The van der Waals surface area contributed by atoms with Crippen molar-refractivity contribution in [2.75, 3.05) is 13.1 Å². The number of ether oxygens (including phenoxy) is 1.